The summed E-state index contributed by atoms with van der Waals surface area (Å²) < 4.78 is 23.9. The van der Waals surface area contributed by atoms with E-state index in [1.54, 1.807) is 14.2 Å². The van der Waals surface area contributed by atoms with E-state index in [9.17, 15) is 0 Å². The van der Waals surface area contributed by atoms with Gasteiger partial charge in [0, 0.05) is 5.39 Å². The summed E-state index contributed by atoms with van der Waals surface area (Å²) in [4.78, 5) is 4.91. The summed E-state index contributed by atoms with van der Waals surface area (Å²) in [5.74, 6) is 2.47. The van der Waals surface area contributed by atoms with Crippen LogP contribution >= 0.6 is 0 Å². The second kappa shape index (κ2) is 10.8. The summed E-state index contributed by atoms with van der Waals surface area (Å²) in [5, 5.41) is 0.908. The van der Waals surface area contributed by atoms with Crippen LogP contribution in [0, 0.1) is 0 Å². The molecule has 5 aromatic rings. The first kappa shape index (κ1) is 23.2. The number of benzene rings is 4. The molecule has 180 valence electrons. The number of rotatable bonds is 9. The first-order chi connectivity index (χ1) is 17.8. The van der Waals surface area contributed by atoms with Crippen LogP contribution in [-0.4, -0.2) is 19.2 Å². The molecule has 0 aliphatic carbocycles. The lowest BCUT2D eigenvalue weighted by Crippen LogP contribution is -2.04. The molecule has 0 saturated heterocycles. The number of hydrogen-bond acceptors (Lipinski definition) is 5. The van der Waals surface area contributed by atoms with Crippen molar-refractivity contribution in [3.8, 4) is 34.3 Å². The Morgan fingerprint density at radius 1 is 0.611 bits per heavy atom. The first-order valence-corrected chi connectivity index (χ1v) is 11.8. The van der Waals surface area contributed by atoms with Crippen LogP contribution in [0.15, 0.2) is 103 Å². The fourth-order valence-electron chi connectivity index (χ4n) is 4.12. The maximum atomic E-state index is 6.52. The minimum absolute atomic E-state index is 0.380. The van der Waals surface area contributed by atoms with Gasteiger partial charge in [0.25, 0.3) is 0 Å². The van der Waals surface area contributed by atoms with Gasteiger partial charge in [0.05, 0.1) is 25.3 Å². The third-order valence-corrected chi connectivity index (χ3v) is 5.93. The zero-order valence-electron chi connectivity index (χ0n) is 20.3. The SMILES string of the molecule is COc1ccc(-c2c(OCc3ccccc3)nc3ccccc3c2OCc2ccccc2)cc1OC. The summed E-state index contributed by atoms with van der Waals surface area (Å²) in [6.45, 7) is 0.790. The molecule has 0 bridgehead atoms. The number of nitrogens with zero attached hydrogens (tertiary/aromatic N) is 1. The number of aromatic nitrogens is 1. The summed E-state index contributed by atoms with van der Waals surface area (Å²) in [5.41, 5.74) is 4.55. The highest BCUT2D eigenvalue weighted by Gasteiger charge is 2.21. The van der Waals surface area contributed by atoms with Gasteiger partial charge in [-0.25, -0.2) is 4.98 Å². The highest BCUT2D eigenvalue weighted by atomic mass is 16.5. The van der Waals surface area contributed by atoms with Crippen LogP contribution in [0.3, 0.4) is 0 Å². The molecule has 36 heavy (non-hydrogen) atoms. The molecule has 0 fully saturated rings. The van der Waals surface area contributed by atoms with E-state index in [1.165, 1.54) is 0 Å². The van der Waals surface area contributed by atoms with Crippen molar-refractivity contribution >= 4 is 10.9 Å². The monoisotopic (exact) mass is 477 g/mol. The number of fused-ring (bicyclic) bond motifs is 1. The number of pyridine rings is 1. The molecule has 4 aromatic carbocycles. The van der Waals surface area contributed by atoms with Gasteiger partial charge in [-0.2, -0.15) is 0 Å². The standard InChI is InChI=1S/C31H27NO4/c1-33-27-18-17-24(19-28(27)34-2)29-30(35-20-22-11-5-3-6-12-22)25-15-9-10-16-26(25)32-31(29)36-21-23-13-7-4-8-14-23/h3-19H,20-21H2,1-2H3. The summed E-state index contributed by atoms with van der Waals surface area (Å²) >= 11 is 0. The Morgan fingerprint density at radius 2 is 1.22 bits per heavy atom. The van der Waals surface area contributed by atoms with Gasteiger partial charge in [-0.3, -0.25) is 0 Å². The number of hydrogen-bond donors (Lipinski definition) is 0. The lowest BCUT2D eigenvalue weighted by molar-refractivity contribution is 0.286. The molecule has 5 rings (SSSR count). The van der Waals surface area contributed by atoms with Crippen LogP contribution in [0.5, 0.6) is 23.1 Å². The molecule has 0 atom stereocenters. The molecule has 0 aliphatic rings. The predicted octanol–water partition coefficient (Wildman–Crippen LogP) is 7.08. The average Bonchev–Trinajstić information content (AvgIpc) is 2.95. The molecule has 0 saturated carbocycles. The second-order valence-corrected chi connectivity index (χ2v) is 8.26. The van der Waals surface area contributed by atoms with E-state index < -0.39 is 0 Å². The molecular formula is C31H27NO4. The molecule has 0 N–H and O–H groups in total. The molecule has 1 heterocycles. The highest BCUT2D eigenvalue weighted by molar-refractivity contribution is 5.95. The molecule has 5 heteroatoms. The summed E-state index contributed by atoms with van der Waals surface area (Å²) in [6, 6.07) is 33.9. The van der Waals surface area contributed by atoms with Gasteiger partial charge in [0.1, 0.15) is 19.0 Å². The van der Waals surface area contributed by atoms with Crippen molar-refractivity contribution in [1.29, 1.82) is 0 Å². The van der Waals surface area contributed by atoms with E-state index in [0.717, 1.165) is 33.2 Å². The maximum Gasteiger partial charge on any atom is 0.226 e. The molecular weight excluding hydrogens is 450 g/mol. The normalized spacial score (nSPS) is 10.7. The Morgan fingerprint density at radius 3 is 1.89 bits per heavy atom. The lowest BCUT2D eigenvalue weighted by Gasteiger charge is -2.19. The van der Waals surface area contributed by atoms with E-state index in [1.807, 2.05) is 103 Å². The average molecular weight is 478 g/mol. The van der Waals surface area contributed by atoms with Crippen molar-refractivity contribution in [3.63, 3.8) is 0 Å². The fourth-order valence-corrected chi connectivity index (χ4v) is 4.12. The number of para-hydroxylation sites is 1. The van der Waals surface area contributed by atoms with Crippen molar-refractivity contribution in [1.82, 2.24) is 4.98 Å². The molecule has 0 spiro atoms. The van der Waals surface area contributed by atoms with Crippen molar-refractivity contribution < 1.29 is 18.9 Å². The third-order valence-electron chi connectivity index (χ3n) is 5.93. The smallest absolute Gasteiger partial charge is 0.226 e. The van der Waals surface area contributed by atoms with Gasteiger partial charge >= 0.3 is 0 Å². The van der Waals surface area contributed by atoms with E-state index >= 15 is 0 Å². The molecule has 0 radical (unpaired) electrons. The maximum absolute atomic E-state index is 6.52. The first-order valence-electron chi connectivity index (χ1n) is 11.8. The van der Waals surface area contributed by atoms with Crippen molar-refractivity contribution in [2.75, 3.05) is 14.2 Å². The van der Waals surface area contributed by atoms with Crippen LogP contribution in [-0.2, 0) is 13.2 Å². The summed E-state index contributed by atoms with van der Waals surface area (Å²) in [6.07, 6.45) is 0. The number of ether oxygens (including phenoxy) is 4. The fraction of sp³-hybridized carbons (Fsp3) is 0.129. The van der Waals surface area contributed by atoms with E-state index in [-0.39, 0.29) is 0 Å². The minimum atomic E-state index is 0.380. The van der Waals surface area contributed by atoms with Gasteiger partial charge in [-0.1, -0.05) is 78.9 Å². The molecule has 0 amide bonds. The van der Waals surface area contributed by atoms with Crippen LogP contribution < -0.4 is 18.9 Å². The second-order valence-electron chi connectivity index (χ2n) is 8.26. The third kappa shape index (κ3) is 4.96. The Hall–Kier alpha value is -4.51. The number of methoxy groups -OCH3 is 2. The van der Waals surface area contributed by atoms with E-state index in [2.05, 4.69) is 0 Å². The highest BCUT2D eigenvalue weighted by Crippen LogP contribution is 2.45. The van der Waals surface area contributed by atoms with Crippen LogP contribution in [0.2, 0.25) is 0 Å². The van der Waals surface area contributed by atoms with Crippen LogP contribution in [0.25, 0.3) is 22.0 Å². The van der Waals surface area contributed by atoms with Gasteiger partial charge in [0.15, 0.2) is 11.5 Å². The van der Waals surface area contributed by atoms with Crippen LogP contribution in [0.4, 0.5) is 0 Å². The lowest BCUT2D eigenvalue weighted by atomic mass is 10.0. The van der Waals surface area contributed by atoms with Crippen molar-refractivity contribution in [2.45, 2.75) is 13.2 Å². The predicted molar refractivity (Wildman–Crippen MR) is 142 cm³/mol. The Kier molecular flexibility index (Phi) is 6.99. The molecule has 1 aromatic heterocycles. The molecule has 0 aliphatic heterocycles. The topological polar surface area (TPSA) is 49.8 Å². The Labute approximate surface area is 210 Å². The Balaban J connectivity index is 1.67. The van der Waals surface area contributed by atoms with E-state index in [4.69, 9.17) is 23.9 Å². The quantitative estimate of drug-likeness (QED) is 0.227. The molecule has 5 nitrogen and oxygen atoms in total. The van der Waals surface area contributed by atoms with Gasteiger partial charge in [-0.15, -0.1) is 0 Å². The minimum Gasteiger partial charge on any atom is -0.493 e. The van der Waals surface area contributed by atoms with Gasteiger partial charge < -0.3 is 18.9 Å². The summed E-state index contributed by atoms with van der Waals surface area (Å²) in [7, 11) is 3.25. The zero-order chi connectivity index (χ0) is 24.7. The van der Waals surface area contributed by atoms with Crippen LogP contribution in [0.1, 0.15) is 11.1 Å². The largest absolute Gasteiger partial charge is 0.493 e. The van der Waals surface area contributed by atoms with Crippen molar-refractivity contribution in [3.05, 3.63) is 114 Å². The van der Waals surface area contributed by atoms with E-state index in [0.29, 0.717) is 36.3 Å². The van der Waals surface area contributed by atoms with Gasteiger partial charge in [-0.05, 0) is 41.0 Å². The van der Waals surface area contributed by atoms with Gasteiger partial charge in [0.2, 0.25) is 5.88 Å². The zero-order valence-corrected chi connectivity index (χ0v) is 20.3. The van der Waals surface area contributed by atoms with Crippen molar-refractivity contribution in [2.24, 2.45) is 0 Å². The Bertz CT molecular complexity index is 1450. The molecule has 0 unspecified atom stereocenters.